The van der Waals surface area contributed by atoms with Crippen LogP contribution < -0.4 is 0 Å². The van der Waals surface area contributed by atoms with Gasteiger partial charge in [0.25, 0.3) is 0 Å². The molecule has 3 unspecified atom stereocenters. The lowest BCUT2D eigenvalue weighted by Gasteiger charge is -2.15. The second kappa shape index (κ2) is 12.7. The van der Waals surface area contributed by atoms with E-state index in [0.717, 1.165) is 30.8 Å². The van der Waals surface area contributed by atoms with Crippen LogP contribution in [0.5, 0.6) is 0 Å². The van der Waals surface area contributed by atoms with E-state index in [-0.39, 0.29) is 17.1 Å². The molecule has 3 atom stereocenters. The molecule has 0 amide bonds. The van der Waals surface area contributed by atoms with Gasteiger partial charge in [0.05, 0.1) is 24.2 Å². The number of carbonyl (C=O) groups excluding carboxylic acids is 2. The fourth-order valence-electron chi connectivity index (χ4n) is 3.66. The highest BCUT2D eigenvalue weighted by Crippen LogP contribution is 2.34. The summed E-state index contributed by atoms with van der Waals surface area (Å²) in [6.45, 7) is 0. The van der Waals surface area contributed by atoms with Crippen molar-refractivity contribution in [2.24, 2.45) is 5.92 Å². The highest BCUT2D eigenvalue weighted by atomic mass is 32.2. The van der Waals surface area contributed by atoms with Crippen molar-refractivity contribution in [3.63, 3.8) is 0 Å². The first-order valence-electron chi connectivity index (χ1n) is 10.7. The van der Waals surface area contributed by atoms with E-state index in [9.17, 15) is 14.7 Å². The third kappa shape index (κ3) is 7.67. The van der Waals surface area contributed by atoms with Crippen LogP contribution in [0.25, 0.3) is 10.1 Å². The number of thioether (sulfide) groups is 2. The number of methoxy groups -OCH3 is 1. The highest BCUT2D eigenvalue weighted by Gasteiger charge is 2.33. The molecule has 31 heavy (non-hydrogen) atoms. The third-order valence-electron chi connectivity index (χ3n) is 5.35. The molecule has 1 aromatic carbocycles. The van der Waals surface area contributed by atoms with Crippen LogP contribution >= 0.6 is 34.9 Å². The number of allylic oxidation sites excluding steroid dienone is 1. The van der Waals surface area contributed by atoms with Crippen molar-refractivity contribution in [2.75, 3.05) is 24.4 Å². The zero-order valence-electron chi connectivity index (χ0n) is 17.8. The number of carbonyl (C=O) groups is 2. The van der Waals surface area contributed by atoms with E-state index in [1.165, 1.54) is 22.1 Å². The number of aliphatic hydroxyl groups is 1. The number of esters is 1. The van der Waals surface area contributed by atoms with Crippen LogP contribution in [0, 0.1) is 5.92 Å². The summed E-state index contributed by atoms with van der Waals surface area (Å²) in [4.78, 5) is 24.7. The molecule has 1 saturated carbocycles. The average molecular weight is 479 g/mol. The van der Waals surface area contributed by atoms with Crippen LogP contribution in [0.15, 0.2) is 42.5 Å². The Kier molecular flexibility index (Phi) is 9.96. The Hall–Kier alpha value is -1.28. The SMILES string of the molecule is COC(=O)CSCCCSC1C(=O)CCC1C=CC(O)CCc1cc2ccccc2s1. The standard InChI is InChI=1S/C24H30O4S3/c1-28-23(27)16-29-13-4-14-30-24-17(8-12-21(24)26)7-9-19(25)10-11-20-15-18-5-2-3-6-22(18)31-20/h2-3,5-7,9,15,17,19,24-25H,4,8,10-14,16H2,1H3. The number of thiophene rings is 1. The number of Topliss-reactive ketones (excluding diaryl/α,β-unsaturated/α-hetero) is 1. The molecule has 0 saturated heterocycles. The summed E-state index contributed by atoms with van der Waals surface area (Å²) in [5, 5.41) is 11.7. The van der Waals surface area contributed by atoms with E-state index in [0.29, 0.717) is 24.4 Å². The zero-order chi connectivity index (χ0) is 22.1. The summed E-state index contributed by atoms with van der Waals surface area (Å²) < 4.78 is 5.92. The number of aliphatic hydroxyl groups excluding tert-OH is 1. The summed E-state index contributed by atoms with van der Waals surface area (Å²) in [5.41, 5.74) is 0. The molecule has 1 fully saturated rings. The van der Waals surface area contributed by atoms with Gasteiger partial charge in [-0.15, -0.1) is 23.1 Å². The van der Waals surface area contributed by atoms with Gasteiger partial charge < -0.3 is 9.84 Å². The molecule has 3 rings (SSSR count). The second-order valence-corrected chi connectivity index (χ2v) is 11.2. The molecule has 1 N–H and O–H groups in total. The summed E-state index contributed by atoms with van der Waals surface area (Å²) in [6, 6.07) is 10.6. The van der Waals surface area contributed by atoms with Crippen molar-refractivity contribution < 1.29 is 19.4 Å². The summed E-state index contributed by atoms with van der Waals surface area (Å²) in [7, 11) is 1.40. The molecule has 0 aliphatic heterocycles. The van der Waals surface area contributed by atoms with Crippen molar-refractivity contribution in [2.45, 2.75) is 43.5 Å². The normalized spacial score (nSPS) is 20.0. The molecule has 0 bridgehead atoms. The third-order valence-corrected chi connectivity index (χ3v) is 9.04. The number of hydrogen-bond donors (Lipinski definition) is 1. The molecule has 7 heteroatoms. The minimum Gasteiger partial charge on any atom is -0.468 e. The molecule has 1 aromatic heterocycles. The number of benzene rings is 1. The van der Waals surface area contributed by atoms with Crippen LogP contribution in [-0.2, 0) is 20.7 Å². The van der Waals surface area contributed by atoms with Crippen LogP contribution in [-0.4, -0.2) is 52.6 Å². The highest BCUT2D eigenvalue weighted by molar-refractivity contribution is 8.01. The molecular weight excluding hydrogens is 448 g/mol. The Morgan fingerprint density at radius 2 is 2.19 bits per heavy atom. The number of hydrogen-bond acceptors (Lipinski definition) is 7. The molecular formula is C24H30O4S3. The van der Waals surface area contributed by atoms with Gasteiger partial charge in [0.2, 0.25) is 0 Å². The van der Waals surface area contributed by atoms with Crippen molar-refractivity contribution in [3.8, 4) is 0 Å². The first-order chi connectivity index (χ1) is 15.1. The Morgan fingerprint density at radius 1 is 1.35 bits per heavy atom. The van der Waals surface area contributed by atoms with Gasteiger partial charge in [-0.3, -0.25) is 9.59 Å². The van der Waals surface area contributed by atoms with Crippen molar-refractivity contribution in [3.05, 3.63) is 47.4 Å². The van der Waals surface area contributed by atoms with Gasteiger partial charge in [-0.1, -0.05) is 30.4 Å². The first-order valence-corrected chi connectivity index (χ1v) is 13.7. The van der Waals surface area contributed by atoms with E-state index in [2.05, 4.69) is 41.1 Å². The van der Waals surface area contributed by atoms with Gasteiger partial charge in [0, 0.05) is 16.0 Å². The quantitative estimate of drug-likeness (QED) is 0.259. The van der Waals surface area contributed by atoms with Crippen molar-refractivity contribution in [1.82, 2.24) is 0 Å². The van der Waals surface area contributed by atoms with E-state index in [1.54, 1.807) is 34.9 Å². The summed E-state index contributed by atoms with van der Waals surface area (Å²) in [5.74, 6) is 2.51. The molecule has 4 nitrogen and oxygen atoms in total. The number of aryl methyl sites for hydroxylation is 1. The van der Waals surface area contributed by atoms with E-state index < -0.39 is 6.10 Å². The topological polar surface area (TPSA) is 63.6 Å². The predicted octanol–water partition coefficient (Wildman–Crippen LogP) is 5.13. The summed E-state index contributed by atoms with van der Waals surface area (Å²) >= 11 is 5.08. The van der Waals surface area contributed by atoms with Gasteiger partial charge in [-0.2, -0.15) is 11.8 Å². The monoisotopic (exact) mass is 478 g/mol. The number of ether oxygens (including phenoxy) is 1. The molecule has 0 spiro atoms. The fraction of sp³-hybridized carbons (Fsp3) is 0.500. The average Bonchev–Trinajstić information content (AvgIpc) is 3.35. The lowest BCUT2D eigenvalue weighted by Crippen LogP contribution is -2.17. The first kappa shape index (κ1) is 24.4. The Bertz CT molecular complexity index is 859. The summed E-state index contributed by atoms with van der Waals surface area (Å²) in [6.07, 6.45) is 7.47. The minimum absolute atomic E-state index is 0.00310. The predicted molar refractivity (Wildman–Crippen MR) is 133 cm³/mol. The molecule has 2 aromatic rings. The molecule has 1 heterocycles. The smallest absolute Gasteiger partial charge is 0.315 e. The van der Waals surface area contributed by atoms with E-state index in [1.807, 2.05) is 6.08 Å². The van der Waals surface area contributed by atoms with Gasteiger partial charge in [-0.25, -0.2) is 0 Å². The maximum absolute atomic E-state index is 12.3. The van der Waals surface area contributed by atoms with Crippen LogP contribution in [0.4, 0.5) is 0 Å². The van der Waals surface area contributed by atoms with Gasteiger partial charge >= 0.3 is 5.97 Å². The van der Waals surface area contributed by atoms with Gasteiger partial charge in [-0.05, 0) is 60.6 Å². The number of rotatable bonds is 12. The molecule has 0 radical (unpaired) electrons. The second-order valence-electron chi connectivity index (χ2n) is 7.68. The van der Waals surface area contributed by atoms with Crippen LogP contribution in [0.3, 0.4) is 0 Å². The maximum Gasteiger partial charge on any atom is 0.315 e. The molecule has 1 aliphatic carbocycles. The largest absolute Gasteiger partial charge is 0.468 e. The van der Waals surface area contributed by atoms with Crippen LogP contribution in [0.1, 0.15) is 30.6 Å². The lowest BCUT2D eigenvalue weighted by molar-refractivity contribution is -0.137. The van der Waals surface area contributed by atoms with Crippen molar-refractivity contribution >= 4 is 56.7 Å². The minimum atomic E-state index is -0.485. The molecule has 168 valence electrons. The maximum atomic E-state index is 12.3. The van der Waals surface area contributed by atoms with E-state index in [4.69, 9.17) is 0 Å². The Balaban J connectivity index is 1.39. The molecule has 1 aliphatic rings. The van der Waals surface area contributed by atoms with Gasteiger partial charge in [0.15, 0.2) is 0 Å². The Morgan fingerprint density at radius 3 is 3.00 bits per heavy atom. The van der Waals surface area contributed by atoms with Crippen LogP contribution in [0.2, 0.25) is 0 Å². The van der Waals surface area contributed by atoms with Gasteiger partial charge in [0.1, 0.15) is 5.78 Å². The van der Waals surface area contributed by atoms with Crippen molar-refractivity contribution in [1.29, 1.82) is 0 Å². The van der Waals surface area contributed by atoms with E-state index >= 15 is 0 Å². The number of ketones is 1. The zero-order valence-corrected chi connectivity index (χ0v) is 20.3. The Labute approximate surface area is 196 Å². The lowest BCUT2D eigenvalue weighted by atomic mass is 10.0. The number of fused-ring (bicyclic) bond motifs is 1. The fourth-order valence-corrected chi connectivity index (χ4v) is 7.04.